The van der Waals surface area contributed by atoms with Crippen LogP contribution in [-0.2, 0) is 19.0 Å². The molecule has 0 radical (unpaired) electrons. The fourth-order valence-corrected chi connectivity index (χ4v) is 5.07. The molecule has 0 atom stereocenters. The number of rotatable bonds is 13. The summed E-state index contributed by atoms with van der Waals surface area (Å²) in [4.78, 5) is 0. The van der Waals surface area contributed by atoms with Crippen molar-refractivity contribution in [1.29, 1.82) is 0 Å². The second-order valence-electron chi connectivity index (χ2n) is 9.69. The lowest BCUT2D eigenvalue weighted by molar-refractivity contribution is -0.696. The second-order valence-corrected chi connectivity index (χ2v) is 9.69. The van der Waals surface area contributed by atoms with E-state index in [1.165, 1.54) is 80.9 Å². The summed E-state index contributed by atoms with van der Waals surface area (Å²) in [5.41, 5.74) is 4.19. The molecule has 1 aromatic heterocycles. The average Bonchev–Trinajstić information content (AvgIpc) is 3.38. The molecule has 3 aromatic carbocycles. The number of hydrogen-bond donors (Lipinski definition) is 0. The third-order valence-corrected chi connectivity index (χ3v) is 6.95. The van der Waals surface area contributed by atoms with E-state index in [0.717, 1.165) is 0 Å². The van der Waals surface area contributed by atoms with Gasteiger partial charge in [-0.3, -0.25) is 0 Å². The highest BCUT2D eigenvalue weighted by atomic mass is 15.1. The van der Waals surface area contributed by atoms with Crippen LogP contribution in [0.15, 0.2) is 110 Å². The van der Waals surface area contributed by atoms with Crippen molar-refractivity contribution in [2.24, 2.45) is 7.05 Å². The molecule has 4 aromatic rings. The van der Waals surface area contributed by atoms with Crippen LogP contribution < -0.4 is 4.57 Å². The van der Waals surface area contributed by atoms with E-state index in [-0.39, 0.29) is 5.41 Å². The van der Waals surface area contributed by atoms with Gasteiger partial charge in [-0.15, -0.1) is 0 Å². The lowest BCUT2D eigenvalue weighted by Crippen LogP contribution is -2.30. The second kappa shape index (κ2) is 15.9. The van der Waals surface area contributed by atoms with Crippen LogP contribution in [0.2, 0.25) is 6.32 Å². The highest BCUT2D eigenvalue weighted by molar-refractivity contribution is 6.08. The smallest absolute Gasteiger partial charge is 0.240 e. The Labute approximate surface area is 226 Å². The van der Waals surface area contributed by atoms with Crippen LogP contribution in [0.25, 0.3) is 0 Å². The zero-order chi connectivity index (χ0) is 26.2. The molecule has 0 saturated carbocycles. The summed E-state index contributed by atoms with van der Waals surface area (Å²) in [5, 5.41) is 0. The van der Waals surface area contributed by atoms with Crippen LogP contribution in [0.1, 0.15) is 75.0 Å². The predicted octanol–water partition coefficient (Wildman–Crippen LogP) is 7.26. The molecule has 4 rings (SSSR count). The van der Waals surface area contributed by atoms with Crippen LogP contribution in [0.3, 0.4) is 0 Å². The summed E-state index contributed by atoms with van der Waals surface area (Å²) in [5.74, 6) is 0. The normalized spacial score (nSPS) is 11.1. The molecule has 0 fully saturated rings. The highest BCUT2D eigenvalue weighted by Gasteiger charge is 2.35. The van der Waals surface area contributed by atoms with Crippen LogP contribution in [0.4, 0.5) is 0 Å². The van der Waals surface area contributed by atoms with Gasteiger partial charge in [-0.05, 0) is 43.8 Å². The number of hydrogen-bond acceptors (Lipinski definition) is 0. The van der Waals surface area contributed by atoms with E-state index in [4.69, 9.17) is 0 Å². The Morgan fingerprint density at radius 3 is 1.59 bits per heavy atom. The summed E-state index contributed by atoms with van der Waals surface area (Å²) in [7, 11) is 2.54. The molecule has 3 heteroatoms. The molecule has 0 spiro atoms. The van der Waals surface area contributed by atoms with Gasteiger partial charge in [0.25, 0.3) is 0 Å². The molecule has 0 aliphatic heterocycles. The van der Waals surface area contributed by atoms with Crippen LogP contribution in [-0.4, -0.2) is 12.4 Å². The molecule has 2 nitrogen and oxygen atoms in total. The maximum absolute atomic E-state index is 2.29. The van der Waals surface area contributed by atoms with Gasteiger partial charge in [0.05, 0.1) is 13.6 Å². The van der Waals surface area contributed by atoms with E-state index in [1.807, 2.05) is 0 Å². The quantitative estimate of drug-likeness (QED) is 0.0801. The van der Waals surface area contributed by atoms with E-state index in [9.17, 15) is 0 Å². The van der Waals surface area contributed by atoms with E-state index in [2.05, 4.69) is 133 Å². The van der Waals surface area contributed by atoms with Crippen molar-refractivity contribution in [2.45, 2.75) is 76.6 Å². The maximum atomic E-state index is 2.29. The van der Waals surface area contributed by atoms with Gasteiger partial charge < -0.3 is 0 Å². The average molecular weight is 495 g/mol. The molecule has 0 N–H and O–H groups in total. The first-order valence-electron chi connectivity index (χ1n) is 13.7. The minimum atomic E-state index is -0.0297. The van der Waals surface area contributed by atoms with Crippen molar-refractivity contribution >= 4 is 7.85 Å². The Hall–Kier alpha value is -3.07. The van der Waals surface area contributed by atoms with Gasteiger partial charge in [0, 0.05) is 5.41 Å². The van der Waals surface area contributed by atoms with Crippen LogP contribution >= 0.6 is 0 Å². The third kappa shape index (κ3) is 8.49. The molecule has 0 aliphatic carbocycles. The summed E-state index contributed by atoms with van der Waals surface area (Å²) >= 11 is 0. The first kappa shape index (κ1) is 28.5. The third-order valence-electron chi connectivity index (χ3n) is 6.95. The molecule has 0 aliphatic rings. The number of aryl methyl sites for hydroxylation is 2. The van der Waals surface area contributed by atoms with Crippen molar-refractivity contribution in [1.82, 2.24) is 4.57 Å². The van der Waals surface area contributed by atoms with Gasteiger partial charge in [-0.2, -0.15) is 6.32 Å². The molecular formula is C34H47BN2. The lowest BCUT2D eigenvalue weighted by Gasteiger charge is -2.36. The van der Waals surface area contributed by atoms with E-state index in [0.29, 0.717) is 7.85 Å². The Morgan fingerprint density at radius 2 is 1.16 bits per heavy atom. The Bertz CT molecular complexity index is 1010. The molecule has 196 valence electrons. The first-order chi connectivity index (χ1) is 18.2. The molecule has 0 saturated heterocycles. The van der Waals surface area contributed by atoms with E-state index in [1.54, 1.807) is 0 Å². The minimum absolute atomic E-state index is 0.0297. The first-order valence-corrected chi connectivity index (χ1v) is 13.7. The Balaban J connectivity index is 0.000000233. The fraction of sp³-hybridized carbons (Fsp3) is 0.382. The summed E-state index contributed by atoms with van der Waals surface area (Å²) < 4.78 is 4.36. The molecule has 0 unspecified atom stereocenters. The summed E-state index contributed by atoms with van der Waals surface area (Å²) in [6.07, 6.45) is 18.6. The van der Waals surface area contributed by atoms with Crippen molar-refractivity contribution in [2.75, 3.05) is 0 Å². The molecule has 0 bridgehead atoms. The summed E-state index contributed by atoms with van der Waals surface area (Å²) in [6.45, 7) is 3.44. The molecule has 37 heavy (non-hydrogen) atoms. The van der Waals surface area contributed by atoms with Gasteiger partial charge >= 0.3 is 0 Å². The zero-order valence-corrected chi connectivity index (χ0v) is 22.4. The van der Waals surface area contributed by atoms with Crippen molar-refractivity contribution in [3.8, 4) is 0 Å². The molecular weight excluding hydrogens is 447 g/mol. The van der Waals surface area contributed by atoms with Crippen LogP contribution in [0.5, 0.6) is 0 Å². The number of aromatic nitrogens is 2. The van der Waals surface area contributed by atoms with Crippen molar-refractivity contribution in [3.63, 3.8) is 0 Å². The van der Waals surface area contributed by atoms with Gasteiger partial charge in [0.15, 0.2) is 0 Å². The highest BCUT2D eigenvalue weighted by Crippen LogP contribution is 2.43. The number of imidazole rings is 1. The monoisotopic (exact) mass is 494 g/mol. The number of nitrogens with zero attached hydrogens (tertiary/aromatic N) is 2. The minimum Gasteiger partial charge on any atom is -0.240 e. The Kier molecular flexibility index (Phi) is 12.3. The SMILES string of the molecule is CCCCCCCC[n+]1ccn(C)c1.[BH3-]CCCC(c1ccccc1)(c1ccccc1)c1ccccc1. The van der Waals surface area contributed by atoms with Gasteiger partial charge in [0.2, 0.25) is 6.33 Å². The van der Waals surface area contributed by atoms with Gasteiger partial charge in [-0.25, -0.2) is 9.13 Å². The fourth-order valence-electron chi connectivity index (χ4n) is 5.07. The molecule has 1 heterocycles. The standard InChI is InChI=1S/C22H24B.C12H23N2/c23-18-10-17-22(19-11-4-1-5-12-19,20-13-6-2-7-14-20)21-15-8-3-9-16-21;1-3-4-5-6-7-8-9-14-11-10-13(2)12-14/h1-9,11-16H,10,17-18H2,23H3;10-12H,3-9H2,1-2H3/q-1;+1. The maximum Gasteiger partial charge on any atom is 0.243 e. The predicted molar refractivity (Wildman–Crippen MR) is 162 cm³/mol. The Morgan fingerprint density at radius 1 is 0.676 bits per heavy atom. The van der Waals surface area contributed by atoms with E-state index >= 15 is 0 Å². The summed E-state index contributed by atoms with van der Waals surface area (Å²) in [6, 6.07) is 33.1. The van der Waals surface area contributed by atoms with E-state index < -0.39 is 0 Å². The van der Waals surface area contributed by atoms with Crippen molar-refractivity contribution in [3.05, 3.63) is 126 Å². The van der Waals surface area contributed by atoms with Gasteiger partial charge in [0.1, 0.15) is 12.4 Å². The van der Waals surface area contributed by atoms with Gasteiger partial charge in [-0.1, -0.05) is 130 Å². The lowest BCUT2D eigenvalue weighted by atomic mass is 9.66. The van der Waals surface area contributed by atoms with Crippen molar-refractivity contribution < 1.29 is 4.57 Å². The number of benzene rings is 3. The topological polar surface area (TPSA) is 8.81 Å². The number of unbranched alkanes of at least 4 members (excludes halogenated alkanes) is 5. The van der Waals surface area contributed by atoms with Crippen LogP contribution in [0, 0.1) is 0 Å². The molecule has 0 amide bonds. The zero-order valence-electron chi connectivity index (χ0n) is 22.4. The largest absolute Gasteiger partial charge is 0.243 e.